The van der Waals surface area contributed by atoms with Crippen molar-refractivity contribution in [2.75, 3.05) is 7.05 Å². The van der Waals surface area contributed by atoms with Gasteiger partial charge in [-0.25, -0.2) is 4.68 Å². The highest BCUT2D eigenvalue weighted by Crippen LogP contribution is 2.17. The molecule has 0 radical (unpaired) electrons. The van der Waals surface area contributed by atoms with E-state index in [2.05, 4.69) is 20.8 Å². The molecule has 0 saturated heterocycles. The maximum atomic E-state index is 11.1. The van der Waals surface area contributed by atoms with Crippen LogP contribution in [0.15, 0.2) is 48.5 Å². The van der Waals surface area contributed by atoms with Crippen molar-refractivity contribution < 1.29 is 4.79 Å². The van der Waals surface area contributed by atoms with E-state index in [1.165, 1.54) is 0 Å². The Kier molecular flexibility index (Phi) is 7.56. The number of alkyl halides is 2. The zero-order valence-corrected chi connectivity index (χ0v) is 16.0. The molecule has 3 rings (SSSR count). The molecule has 0 aliphatic carbocycles. The van der Waals surface area contributed by atoms with Crippen LogP contribution in [0, 0.1) is 0 Å². The summed E-state index contributed by atoms with van der Waals surface area (Å²) in [6.07, 6.45) is 0. The van der Waals surface area contributed by atoms with E-state index < -0.39 is 0 Å². The summed E-state index contributed by atoms with van der Waals surface area (Å²) in [6.45, 7) is 0. The number of nitrogens with one attached hydrogen (secondary N) is 1. The van der Waals surface area contributed by atoms with E-state index >= 15 is 0 Å². The lowest BCUT2D eigenvalue weighted by Crippen LogP contribution is -2.17. The lowest BCUT2D eigenvalue weighted by Gasteiger charge is -2.00. The smallest absolute Gasteiger partial charge is 0.251 e. The van der Waals surface area contributed by atoms with Crippen LogP contribution in [0.5, 0.6) is 0 Å². The van der Waals surface area contributed by atoms with E-state index in [1.54, 1.807) is 23.9 Å². The molecule has 6 nitrogen and oxygen atoms in total. The maximum Gasteiger partial charge on any atom is 0.251 e. The number of tetrazole rings is 1. The van der Waals surface area contributed by atoms with Gasteiger partial charge in [0.2, 0.25) is 0 Å². The average Bonchev–Trinajstić information content (AvgIpc) is 3.13. The number of aryl methyl sites for hydroxylation is 1. The number of halogens is 2. The van der Waals surface area contributed by atoms with Crippen LogP contribution < -0.4 is 5.32 Å². The van der Waals surface area contributed by atoms with E-state index in [-0.39, 0.29) is 5.91 Å². The van der Waals surface area contributed by atoms with E-state index in [1.807, 2.05) is 43.4 Å². The van der Waals surface area contributed by atoms with E-state index in [4.69, 9.17) is 23.2 Å². The number of benzene rings is 2. The van der Waals surface area contributed by atoms with Gasteiger partial charge in [-0.2, -0.15) is 0 Å². The number of rotatable bonds is 4. The molecule has 1 N–H and O–H groups in total. The van der Waals surface area contributed by atoms with Crippen molar-refractivity contribution in [1.82, 2.24) is 25.5 Å². The van der Waals surface area contributed by atoms with Crippen LogP contribution in [-0.2, 0) is 18.8 Å². The Bertz CT molecular complexity index is 866. The fraction of sp³-hybridized carbons (Fsp3) is 0.222. The third kappa shape index (κ3) is 5.28. The third-order valence-corrected chi connectivity index (χ3v) is 4.15. The first-order valence-corrected chi connectivity index (χ1v) is 8.90. The number of carbonyl (C=O) groups excluding carboxylic acids is 1. The van der Waals surface area contributed by atoms with Gasteiger partial charge in [-0.15, -0.1) is 28.3 Å². The van der Waals surface area contributed by atoms with Crippen LogP contribution in [0.2, 0.25) is 0 Å². The fourth-order valence-corrected chi connectivity index (χ4v) is 2.54. The summed E-state index contributed by atoms with van der Waals surface area (Å²) >= 11 is 11.4. The van der Waals surface area contributed by atoms with Gasteiger partial charge in [0.05, 0.1) is 0 Å². The molecule has 1 heterocycles. The maximum absolute atomic E-state index is 11.1. The molecule has 0 fully saturated rings. The highest BCUT2D eigenvalue weighted by molar-refractivity contribution is 6.17. The second-order valence-corrected chi connectivity index (χ2v) is 5.91. The van der Waals surface area contributed by atoms with Crippen LogP contribution >= 0.6 is 23.2 Å². The van der Waals surface area contributed by atoms with Gasteiger partial charge in [0, 0.05) is 37.0 Å². The normalized spacial score (nSPS) is 10.0. The summed E-state index contributed by atoms with van der Waals surface area (Å²) in [5, 5.41) is 13.8. The molecule has 0 aliphatic heterocycles. The zero-order chi connectivity index (χ0) is 18.9. The minimum atomic E-state index is -0.0815. The number of amides is 1. The summed E-state index contributed by atoms with van der Waals surface area (Å²) in [7, 11) is 3.42. The fourth-order valence-electron chi connectivity index (χ4n) is 2.21. The van der Waals surface area contributed by atoms with Crippen LogP contribution in [-0.4, -0.2) is 33.2 Å². The first kappa shape index (κ1) is 19.9. The standard InChI is InChI=1S/C9H9ClN4.C9H10ClNO/c1-14-9(11-12-13-14)8-4-2-3-7(5-8)6-10;1-11-9(12)8-4-2-3-7(5-8)6-10/h2-5H,6H2,1H3;2-5H,6H2,1H3,(H,11,12). The molecule has 0 unspecified atom stereocenters. The van der Waals surface area contributed by atoms with Crippen LogP contribution in [0.3, 0.4) is 0 Å². The van der Waals surface area contributed by atoms with Crippen molar-refractivity contribution in [2.45, 2.75) is 11.8 Å². The molecule has 0 bridgehead atoms. The molecule has 0 spiro atoms. The lowest BCUT2D eigenvalue weighted by atomic mass is 10.1. The second kappa shape index (κ2) is 9.89. The number of carbonyl (C=O) groups is 1. The van der Waals surface area contributed by atoms with E-state index in [0.717, 1.165) is 22.5 Å². The Morgan fingerprint density at radius 3 is 2.31 bits per heavy atom. The van der Waals surface area contributed by atoms with E-state index in [9.17, 15) is 4.79 Å². The van der Waals surface area contributed by atoms with Gasteiger partial charge in [0.1, 0.15) is 0 Å². The Balaban J connectivity index is 0.000000190. The topological polar surface area (TPSA) is 72.7 Å². The van der Waals surface area contributed by atoms with Crippen molar-refractivity contribution in [3.63, 3.8) is 0 Å². The van der Waals surface area contributed by atoms with Crippen molar-refractivity contribution in [2.24, 2.45) is 7.05 Å². The molecule has 0 saturated carbocycles. The SMILES string of the molecule is CNC(=O)c1cccc(CCl)c1.Cn1nnnc1-c1cccc(CCl)c1. The lowest BCUT2D eigenvalue weighted by molar-refractivity contribution is 0.0963. The molecule has 3 aromatic rings. The van der Waals surface area contributed by atoms with E-state index in [0.29, 0.717) is 17.3 Å². The zero-order valence-electron chi connectivity index (χ0n) is 14.5. The predicted molar refractivity (Wildman–Crippen MR) is 103 cm³/mol. The first-order chi connectivity index (χ1) is 12.6. The molecule has 8 heteroatoms. The van der Waals surface area contributed by atoms with Gasteiger partial charge in [0.25, 0.3) is 5.91 Å². The summed E-state index contributed by atoms with van der Waals surface area (Å²) in [5.41, 5.74) is 3.65. The second-order valence-electron chi connectivity index (χ2n) is 5.37. The minimum Gasteiger partial charge on any atom is -0.355 e. The van der Waals surface area contributed by atoms with Crippen molar-refractivity contribution in [1.29, 1.82) is 0 Å². The molecule has 0 aliphatic rings. The van der Waals surface area contributed by atoms with Crippen molar-refractivity contribution in [3.05, 3.63) is 65.2 Å². The van der Waals surface area contributed by atoms with Gasteiger partial charge < -0.3 is 5.32 Å². The summed E-state index contributed by atoms with van der Waals surface area (Å²) < 4.78 is 1.63. The Morgan fingerprint density at radius 1 is 1.08 bits per heavy atom. The van der Waals surface area contributed by atoms with Crippen molar-refractivity contribution in [3.8, 4) is 11.4 Å². The van der Waals surface area contributed by atoms with Crippen LogP contribution in [0.1, 0.15) is 21.5 Å². The quantitative estimate of drug-likeness (QED) is 0.691. The van der Waals surface area contributed by atoms with Crippen molar-refractivity contribution >= 4 is 29.1 Å². The number of aromatic nitrogens is 4. The Labute approximate surface area is 162 Å². The Hall–Kier alpha value is -2.44. The van der Waals surface area contributed by atoms with Crippen LogP contribution in [0.25, 0.3) is 11.4 Å². The average molecular weight is 392 g/mol. The van der Waals surface area contributed by atoms with Gasteiger partial charge in [-0.1, -0.05) is 30.3 Å². The highest BCUT2D eigenvalue weighted by Gasteiger charge is 2.05. The molecule has 1 aromatic heterocycles. The van der Waals surface area contributed by atoms with Gasteiger partial charge in [-0.05, 0) is 39.8 Å². The van der Waals surface area contributed by atoms with Gasteiger partial charge in [0.15, 0.2) is 5.82 Å². The highest BCUT2D eigenvalue weighted by atomic mass is 35.5. The molecule has 26 heavy (non-hydrogen) atoms. The van der Waals surface area contributed by atoms with Gasteiger partial charge >= 0.3 is 0 Å². The molecular weight excluding hydrogens is 373 g/mol. The minimum absolute atomic E-state index is 0.0815. The summed E-state index contributed by atoms with van der Waals surface area (Å²) in [4.78, 5) is 11.1. The monoisotopic (exact) mass is 391 g/mol. The molecule has 136 valence electrons. The number of nitrogens with zero attached hydrogens (tertiary/aromatic N) is 4. The number of hydrogen-bond acceptors (Lipinski definition) is 4. The Morgan fingerprint density at radius 2 is 1.73 bits per heavy atom. The predicted octanol–water partition coefficient (Wildman–Crippen LogP) is 3.40. The van der Waals surface area contributed by atoms with Gasteiger partial charge in [-0.3, -0.25) is 4.79 Å². The molecule has 2 aromatic carbocycles. The summed E-state index contributed by atoms with van der Waals surface area (Å²) in [6, 6.07) is 15.1. The molecular formula is C18H19Cl2N5O. The third-order valence-electron chi connectivity index (χ3n) is 3.53. The largest absolute Gasteiger partial charge is 0.355 e. The molecule has 1 amide bonds. The summed E-state index contributed by atoms with van der Waals surface area (Å²) in [5.74, 6) is 1.60. The first-order valence-electron chi connectivity index (χ1n) is 7.83. The molecule has 0 atom stereocenters. The van der Waals surface area contributed by atoms with Crippen LogP contribution in [0.4, 0.5) is 0 Å². The number of hydrogen-bond donors (Lipinski definition) is 1.